The molecule has 3 unspecified atom stereocenters. The molecule has 168 valence electrons. The van der Waals surface area contributed by atoms with Gasteiger partial charge in [0.2, 0.25) is 5.91 Å². The van der Waals surface area contributed by atoms with Gasteiger partial charge < -0.3 is 5.32 Å². The summed E-state index contributed by atoms with van der Waals surface area (Å²) >= 11 is 0. The zero-order valence-electron chi connectivity index (χ0n) is 16.6. The van der Waals surface area contributed by atoms with E-state index in [4.69, 9.17) is 0 Å². The van der Waals surface area contributed by atoms with Gasteiger partial charge >= 0.3 is 18.0 Å². The number of aryl methyl sites for hydroxylation is 1. The number of halogens is 7. The lowest BCUT2D eigenvalue weighted by Gasteiger charge is -2.36. The first-order chi connectivity index (χ1) is 13.8. The Morgan fingerprint density at radius 2 is 1.70 bits per heavy atom. The van der Waals surface area contributed by atoms with Gasteiger partial charge in [0.25, 0.3) is 0 Å². The zero-order chi connectivity index (χ0) is 22.5. The SMILES string of the molecule is CCC(=O)NC(C)[C@@H]1CCC2c3ccc(C(F)(C(F)(F)F)C(F)(F)F)cc3CCC21. The van der Waals surface area contributed by atoms with Crippen LogP contribution in [0.25, 0.3) is 0 Å². The van der Waals surface area contributed by atoms with Crippen LogP contribution in [-0.4, -0.2) is 24.3 Å². The number of carbonyl (C=O) groups is 1. The molecule has 1 amide bonds. The van der Waals surface area contributed by atoms with Gasteiger partial charge in [-0.2, -0.15) is 26.3 Å². The molecule has 1 N–H and O–H groups in total. The first-order valence-corrected chi connectivity index (χ1v) is 10.1. The van der Waals surface area contributed by atoms with Crippen LogP contribution in [-0.2, 0) is 16.9 Å². The minimum absolute atomic E-state index is 0.0143. The molecule has 4 atom stereocenters. The quantitative estimate of drug-likeness (QED) is 0.578. The Morgan fingerprint density at radius 3 is 2.27 bits per heavy atom. The van der Waals surface area contributed by atoms with Crippen LogP contribution in [0.4, 0.5) is 30.7 Å². The maximum atomic E-state index is 14.4. The van der Waals surface area contributed by atoms with Gasteiger partial charge in [-0.05, 0) is 61.5 Å². The number of hydrogen-bond acceptors (Lipinski definition) is 1. The molecule has 0 bridgehead atoms. The van der Waals surface area contributed by atoms with Crippen molar-refractivity contribution in [2.45, 2.75) is 75.9 Å². The number of amides is 1. The van der Waals surface area contributed by atoms with Gasteiger partial charge in [-0.1, -0.05) is 25.1 Å². The lowest BCUT2D eigenvalue weighted by Crippen LogP contribution is -2.50. The van der Waals surface area contributed by atoms with E-state index < -0.39 is 23.6 Å². The molecule has 2 aliphatic carbocycles. The molecule has 30 heavy (non-hydrogen) atoms. The van der Waals surface area contributed by atoms with Crippen molar-refractivity contribution >= 4 is 5.91 Å². The van der Waals surface area contributed by atoms with E-state index in [0.29, 0.717) is 30.0 Å². The van der Waals surface area contributed by atoms with Crippen LogP contribution in [0.1, 0.15) is 62.1 Å². The van der Waals surface area contributed by atoms with Crippen molar-refractivity contribution in [3.8, 4) is 0 Å². The lowest BCUT2D eigenvalue weighted by atomic mass is 9.72. The number of nitrogens with one attached hydrogen (secondary N) is 1. The minimum atomic E-state index is -6.11. The van der Waals surface area contributed by atoms with E-state index in [2.05, 4.69) is 5.32 Å². The Balaban J connectivity index is 1.90. The Labute approximate surface area is 170 Å². The van der Waals surface area contributed by atoms with Crippen LogP contribution in [0.15, 0.2) is 18.2 Å². The summed E-state index contributed by atoms with van der Waals surface area (Å²) in [6.07, 6.45) is -9.46. The number of alkyl halides is 7. The topological polar surface area (TPSA) is 29.1 Å². The summed E-state index contributed by atoms with van der Waals surface area (Å²) in [5.74, 6) is 0.282. The van der Waals surface area contributed by atoms with Gasteiger partial charge in [0, 0.05) is 18.0 Å². The fraction of sp³-hybridized carbons (Fsp3) is 0.667. The largest absolute Gasteiger partial charge is 0.435 e. The van der Waals surface area contributed by atoms with Crippen molar-refractivity contribution in [2.24, 2.45) is 11.8 Å². The molecule has 2 aliphatic rings. The predicted octanol–water partition coefficient (Wildman–Crippen LogP) is 5.95. The summed E-state index contributed by atoms with van der Waals surface area (Å²) in [4.78, 5) is 11.7. The highest BCUT2D eigenvalue weighted by atomic mass is 19.4. The van der Waals surface area contributed by atoms with Crippen molar-refractivity contribution < 1.29 is 35.5 Å². The molecule has 9 heteroatoms. The van der Waals surface area contributed by atoms with E-state index in [1.807, 2.05) is 6.92 Å². The number of fused-ring (bicyclic) bond motifs is 3. The van der Waals surface area contributed by atoms with Gasteiger partial charge in [0.1, 0.15) is 0 Å². The molecule has 1 saturated carbocycles. The Morgan fingerprint density at radius 1 is 1.07 bits per heavy atom. The second-order valence-electron chi connectivity index (χ2n) is 8.33. The molecule has 0 aliphatic heterocycles. The van der Waals surface area contributed by atoms with E-state index in [0.717, 1.165) is 18.9 Å². The fourth-order valence-corrected chi connectivity index (χ4v) is 5.19. The molecule has 2 nitrogen and oxygen atoms in total. The Hall–Kier alpha value is -1.80. The lowest BCUT2D eigenvalue weighted by molar-refractivity contribution is -0.348. The number of hydrogen-bond donors (Lipinski definition) is 1. The highest BCUT2D eigenvalue weighted by Gasteiger charge is 2.73. The van der Waals surface area contributed by atoms with Crippen LogP contribution < -0.4 is 5.32 Å². The molecule has 1 fully saturated rings. The molecule has 1 aromatic rings. The molecule has 0 heterocycles. The molecular weight excluding hydrogens is 415 g/mol. The monoisotopic (exact) mass is 439 g/mol. The molecule has 0 aromatic heterocycles. The van der Waals surface area contributed by atoms with Crippen molar-refractivity contribution in [3.63, 3.8) is 0 Å². The van der Waals surface area contributed by atoms with E-state index in [1.165, 1.54) is 6.07 Å². The third kappa shape index (κ3) is 3.68. The summed E-state index contributed by atoms with van der Waals surface area (Å²) in [5, 5.41) is 2.95. The summed E-state index contributed by atoms with van der Waals surface area (Å²) < 4.78 is 92.9. The Bertz CT molecular complexity index is 788. The predicted molar refractivity (Wildman–Crippen MR) is 96.5 cm³/mol. The fourth-order valence-electron chi connectivity index (χ4n) is 5.19. The highest BCUT2D eigenvalue weighted by molar-refractivity contribution is 5.75. The Kier molecular flexibility index (Phi) is 5.88. The molecule has 3 rings (SSSR count). The average molecular weight is 439 g/mol. The second kappa shape index (κ2) is 7.71. The number of benzene rings is 1. The van der Waals surface area contributed by atoms with E-state index in [9.17, 15) is 35.5 Å². The summed E-state index contributed by atoms with van der Waals surface area (Å²) in [6.45, 7) is 3.67. The molecule has 0 radical (unpaired) electrons. The smallest absolute Gasteiger partial charge is 0.353 e. The third-order valence-electron chi connectivity index (χ3n) is 6.70. The standard InChI is InChI=1S/C21H24F7NO/c1-3-18(30)29-11(2)14-8-9-17-15-7-5-13(10-12(15)4-6-16(14)17)19(22,20(23,24)25)21(26,27)28/h5,7,10-11,14,16-17H,3-4,6,8-9H2,1-2H3,(H,29,30)/t11?,14-,16?,17?/m0/s1. The van der Waals surface area contributed by atoms with Crippen LogP contribution in [0.3, 0.4) is 0 Å². The third-order valence-corrected chi connectivity index (χ3v) is 6.70. The van der Waals surface area contributed by atoms with Gasteiger partial charge in [-0.25, -0.2) is 4.39 Å². The zero-order valence-corrected chi connectivity index (χ0v) is 16.6. The summed E-state index contributed by atoms with van der Waals surface area (Å²) in [5.41, 5.74) is -5.78. The van der Waals surface area contributed by atoms with Gasteiger partial charge in [0.05, 0.1) is 0 Å². The average Bonchev–Trinajstić information content (AvgIpc) is 3.09. The van der Waals surface area contributed by atoms with Gasteiger partial charge in [-0.3, -0.25) is 4.79 Å². The van der Waals surface area contributed by atoms with E-state index in [1.54, 1.807) is 6.92 Å². The highest BCUT2D eigenvalue weighted by Crippen LogP contribution is 2.55. The first-order valence-electron chi connectivity index (χ1n) is 10.1. The van der Waals surface area contributed by atoms with Crippen LogP contribution in [0.2, 0.25) is 0 Å². The van der Waals surface area contributed by atoms with Crippen LogP contribution in [0.5, 0.6) is 0 Å². The maximum Gasteiger partial charge on any atom is 0.435 e. The molecule has 1 aromatic carbocycles. The van der Waals surface area contributed by atoms with Crippen molar-refractivity contribution in [3.05, 3.63) is 34.9 Å². The van der Waals surface area contributed by atoms with Gasteiger partial charge in [-0.15, -0.1) is 0 Å². The van der Waals surface area contributed by atoms with E-state index >= 15 is 0 Å². The van der Waals surface area contributed by atoms with E-state index in [-0.39, 0.29) is 36.1 Å². The van der Waals surface area contributed by atoms with Gasteiger partial charge in [0.15, 0.2) is 0 Å². The van der Waals surface area contributed by atoms with Crippen molar-refractivity contribution in [1.82, 2.24) is 5.32 Å². The number of carbonyl (C=O) groups excluding carboxylic acids is 1. The second-order valence-corrected chi connectivity index (χ2v) is 8.33. The molecular formula is C21H24F7NO. The summed E-state index contributed by atoms with van der Waals surface area (Å²) in [7, 11) is 0. The van der Waals surface area contributed by atoms with Crippen molar-refractivity contribution in [2.75, 3.05) is 0 Å². The first kappa shape index (κ1) is 22.9. The normalized spacial score (nSPS) is 25.4. The molecule has 0 spiro atoms. The minimum Gasteiger partial charge on any atom is -0.353 e. The van der Waals surface area contributed by atoms with Crippen LogP contribution in [0, 0.1) is 11.8 Å². The summed E-state index contributed by atoms with van der Waals surface area (Å²) in [6, 6.07) is 2.52. The van der Waals surface area contributed by atoms with Crippen molar-refractivity contribution in [1.29, 1.82) is 0 Å². The maximum absolute atomic E-state index is 14.4. The number of rotatable bonds is 4. The van der Waals surface area contributed by atoms with Crippen LogP contribution >= 0.6 is 0 Å². The molecule has 0 saturated heterocycles.